The number of aromatic nitrogens is 6. The molecular formula is C31H58N10O6. The quantitative estimate of drug-likeness (QED) is 0.0748. The second-order valence-corrected chi connectivity index (χ2v) is 13.4. The van der Waals surface area contributed by atoms with Gasteiger partial charge in [0.15, 0.2) is 0 Å². The van der Waals surface area contributed by atoms with Gasteiger partial charge < -0.3 is 52.8 Å². The van der Waals surface area contributed by atoms with Gasteiger partial charge in [-0.1, -0.05) is 42.5 Å². The maximum atomic E-state index is 10.2. The molecule has 16 nitrogen and oxygen atoms in total. The summed E-state index contributed by atoms with van der Waals surface area (Å²) in [5, 5.41) is 57.4. The number of hydrogen-bond donors (Lipinski definition) is 8. The summed E-state index contributed by atoms with van der Waals surface area (Å²) in [7, 11) is 0. The van der Waals surface area contributed by atoms with Gasteiger partial charge in [-0.2, -0.15) is 0 Å². The molecule has 2 aliphatic rings. The summed E-state index contributed by atoms with van der Waals surface area (Å²) < 4.78 is 15.3. The molecule has 0 radical (unpaired) electrons. The molecule has 2 fully saturated rings. The van der Waals surface area contributed by atoms with Gasteiger partial charge in [-0.3, -0.25) is 9.36 Å². The van der Waals surface area contributed by atoms with E-state index in [-0.39, 0.29) is 0 Å². The van der Waals surface area contributed by atoms with Gasteiger partial charge in [0.05, 0.1) is 23.6 Å². The number of rotatable bonds is 20. The van der Waals surface area contributed by atoms with Crippen LogP contribution in [0.4, 0.5) is 0 Å². The first-order valence-electron chi connectivity index (χ1n) is 17.4. The van der Waals surface area contributed by atoms with Crippen LogP contribution in [0.3, 0.4) is 0 Å². The van der Waals surface area contributed by atoms with E-state index >= 15 is 0 Å². The minimum atomic E-state index is -1.07. The molecule has 2 aromatic heterocycles. The Morgan fingerprint density at radius 1 is 0.553 bits per heavy atom. The van der Waals surface area contributed by atoms with Crippen molar-refractivity contribution in [3.63, 3.8) is 0 Å². The first-order chi connectivity index (χ1) is 22.6. The number of nitrogens with two attached hydrogens (primary N) is 4. The second kappa shape index (κ2) is 19.2. The molecule has 0 aromatic carbocycles. The van der Waals surface area contributed by atoms with Crippen LogP contribution in [-0.4, -0.2) is 124 Å². The van der Waals surface area contributed by atoms with Crippen molar-refractivity contribution in [2.75, 3.05) is 13.2 Å². The molecule has 2 saturated carbocycles. The molecule has 268 valence electrons. The lowest BCUT2D eigenvalue weighted by Gasteiger charge is -2.39. The third-order valence-corrected chi connectivity index (χ3v) is 9.40. The molecule has 4 rings (SSSR count). The Morgan fingerprint density at radius 2 is 0.936 bits per heavy atom. The van der Waals surface area contributed by atoms with Gasteiger partial charge >= 0.3 is 0 Å². The van der Waals surface area contributed by atoms with Crippen molar-refractivity contribution in [3.05, 3.63) is 23.8 Å². The molecule has 0 saturated heterocycles. The Balaban J connectivity index is 0.965. The fourth-order valence-corrected chi connectivity index (χ4v) is 6.52. The highest BCUT2D eigenvalue weighted by Crippen LogP contribution is 2.22. The van der Waals surface area contributed by atoms with Crippen LogP contribution >= 0.6 is 0 Å². The lowest BCUT2D eigenvalue weighted by molar-refractivity contribution is -0.127. The summed E-state index contributed by atoms with van der Waals surface area (Å²) in [5.74, 6) is 0. The summed E-state index contributed by atoms with van der Waals surface area (Å²) in [4.78, 5) is 0. The van der Waals surface area contributed by atoms with Crippen LogP contribution in [0.1, 0.15) is 82.0 Å². The highest BCUT2D eigenvalue weighted by Gasteiger charge is 2.42. The van der Waals surface area contributed by atoms with E-state index in [0.717, 1.165) is 75.8 Å². The molecule has 2 heterocycles. The molecule has 12 N–H and O–H groups in total. The molecule has 2 aromatic rings. The van der Waals surface area contributed by atoms with Gasteiger partial charge in [-0.15, -0.1) is 10.2 Å². The Kier molecular flexibility index (Phi) is 15.4. The van der Waals surface area contributed by atoms with E-state index in [1.165, 1.54) is 19.3 Å². The minimum absolute atomic E-state index is 0.398. The average molecular weight is 667 g/mol. The number of ether oxygens (including phenoxy) is 2. The SMILES string of the molecule is N[C@@H]1C[C@H](N)[C@@H](OCCCc2cn(CCCCCCCCCn3cc(CCCO[C@H]4[C@H](O)[C@@H](O)[C@H](N)C[C@@H]4N)nn3)nn2)[C@H](O)[C@H]1O. The van der Waals surface area contributed by atoms with E-state index in [9.17, 15) is 20.4 Å². The zero-order valence-electron chi connectivity index (χ0n) is 27.5. The molecule has 47 heavy (non-hydrogen) atoms. The van der Waals surface area contributed by atoms with Gasteiger partial charge in [-0.05, 0) is 51.4 Å². The molecule has 2 aliphatic carbocycles. The lowest BCUT2D eigenvalue weighted by Crippen LogP contribution is -2.62. The van der Waals surface area contributed by atoms with Crippen LogP contribution < -0.4 is 22.9 Å². The van der Waals surface area contributed by atoms with Crippen molar-refractivity contribution in [2.24, 2.45) is 22.9 Å². The highest BCUT2D eigenvalue weighted by atomic mass is 16.5. The van der Waals surface area contributed by atoms with E-state index in [1.807, 2.05) is 21.8 Å². The Morgan fingerprint density at radius 3 is 1.34 bits per heavy atom. The number of hydrogen-bond acceptors (Lipinski definition) is 14. The molecule has 0 unspecified atom stereocenters. The summed E-state index contributed by atoms with van der Waals surface area (Å²) >= 11 is 0. The van der Waals surface area contributed by atoms with E-state index < -0.39 is 60.8 Å². The van der Waals surface area contributed by atoms with Crippen LogP contribution in [-0.2, 0) is 35.4 Å². The summed E-state index contributed by atoms with van der Waals surface area (Å²) in [6.45, 7) is 2.51. The second-order valence-electron chi connectivity index (χ2n) is 13.4. The third kappa shape index (κ3) is 11.5. The van der Waals surface area contributed by atoms with Gasteiger partial charge in [0.25, 0.3) is 0 Å². The topological polar surface area (TPSA) is 265 Å². The fraction of sp³-hybridized carbons (Fsp3) is 0.871. The van der Waals surface area contributed by atoms with Gasteiger partial charge in [0.1, 0.15) is 24.4 Å². The van der Waals surface area contributed by atoms with Crippen molar-refractivity contribution in [3.8, 4) is 0 Å². The summed E-state index contributed by atoms with van der Waals surface area (Å²) in [5.41, 5.74) is 25.5. The third-order valence-electron chi connectivity index (χ3n) is 9.40. The molecule has 0 amide bonds. The largest absolute Gasteiger partial charge is 0.389 e. The maximum absolute atomic E-state index is 10.2. The monoisotopic (exact) mass is 666 g/mol. The standard InChI is InChI=1S/C31H58N10O6/c32-22-16-24(34)30(28(44)26(22)42)46-14-8-10-20-18-40(38-36-20)12-6-4-2-1-3-5-7-13-41-19-21(37-39-41)11-9-15-47-31-25(35)17-23(33)27(43)29(31)45/h18-19,22-31,42-45H,1-17,32-35H2/t22-,23-,24+,25+,26+,27+,28-,29-,30-,31-/m1/s1. The molecule has 0 spiro atoms. The molecular weight excluding hydrogens is 608 g/mol. The van der Waals surface area contributed by atoms with E-state index in [4.69, 9.17) is 32.4 Å². The number of aryl methyl sites for hydroxylation is 4. The van der Waals surface area contributed by atoms with Crippen molar-refractivity contribution in [1.82, 2.24) is 30.0 Å². The first-order valence-corrected chi connectivity index (χ1v) is 17.4. The molecule has 0 bridgehead atoms. The minimum Gasteiger partial charge on any atom is -0.389 e. The normalized spacial score (nSPS) is 31.4. The molecule has 10 atom stereocenters. The zero-order valence-corrected chi connectivity index (χ0v) is 27.5. The molecule has 16 heteroatoms. The van der Waals surface area contributed by atoms with Crippen LogP contribution in [0.15, 0.2) is 12.4 Å². The van der Waals surface area contributed by atoms with Gasteiger partial charge in [0, 0.05) is 62.9 Å². The van der Waals surface area contributed by atoms with Crippen molar-refractivity contribution in [2.45, 2.75) is 157 Å². The predicted molar refractivity (Wildman–Crippen MR) is 174 cm³/mol. The van der Waals surface area contributed by atoms with Crippen molar-refractivity contribution >= 4 is 0 Å². The Bertz CT molecular complexity index is 1070. The van der Waals surface area contributed by atoms with E-state index in [0.29, 0.717) is 26.1 Å². The van der Waals surface area contributed by atoms with Crippen LogP contribution in [0.25, 0.3) is 0 Å². The van der Waals surface area contributed by atoms with Crippen LogP contribution in [0, 0.1) is 0 Å². The van der Waals surface area contributed by atoms with E-state index in [2.05, 4.69) is 20.6 Å². The number of aliphatic hydroxyl groups is 4. The first kappa shape index (κ1) is 37.7. The highest BCUT2D eigenvalue weighted by molar-refractivity contribution is 4.99. The smallest absolute Gasteiger partial charge is 0.109 e. The fourth-order valence-electron chi connectivity index (χ4n) is 6.52. The Hall–Kier alpha value is -2.12. The average Bonchev–Trinajstić information content (AvgIpc) is 3.70. The summed E-state index contributed by atoms with van der Waals surface area (Å²) in [6.07, 6.45) is 10.3. The van der Waals surface area contributed by atoms with Gasteiger partial charge in [-0.25, -0.2) is 0 Å². The summed E-state index contributed by atoms with van der Waals surface area (Å²) in [6, 6.07) is -1.86. The maximum Gasteiger partial charge on any atom is 0.109 e. The van der Waals surface area contributed by atoms with Crippen molar-refractivity contribution in [1.29, 1.82) is 0 Å². The van der Waals surface area contributed by atoms with Crippen LogP contribution in [0.5, 0.6) is 0 Å². The zero-order chi connectivity index (χ0) is 33.8. The number of unbranched alkanes of at least 4 members (excludes halogenated alkanes) is 6. The van der Waals surface area contributed by atoms with Crippen molar-refractivity contribution < 1.29 is 29.9 Å². The van der Waals surface area contributed by atoms with Crippen LogP contribution in [0.2, 0.25) is 0 Å². The Labute approximate surface area is 277 Å². The lowest BCUT2D eigenvalue weighted by atomic mass is 9.85. The van der Waals surface area contributed by atoms with E-state index in [1.54, 1.807) is 0 Å². The molecule has 0 aliphatic heterocycles. The predicted octanol–water partition coefficient (Wildman–Crippen LogP) is -1.50. The van der Waals surface area contributed by atoms with Gasteiger partial charge in [0.2, 0.25) is 0 Å². The number of aliphatic hydroxyl groups excluding tert-OH is 4. The number of nitrogens with zero attached hydrogens (tertiary/aromatic N) is 6.